The van der Waals surface area contributed by atoms with Gasteiger partial charge in [0.1, 0.15) is 17.4 Å². The number of carbonyl (C=O) groups is 1. The number of likely N-dealkylation sites (tertiary alicyclic amines) is 1. The SMILES string of the molecule is COC1CN(c2cccc(F)c2)C12CCN(C(=O)COc1ccc(F)cc1)CC2. The summed E-state index contributed by atoms with van der Waals surface area (Å²) < 4.78 is 37.8. The number of anilines is 1. The Labute approximate surface area is 168 Å². The second-order valence-corrected chi connectivity index (χ2v) is 7.54. The first-order chi connectivity index (χ1) is 14.0. The van der Waals surface area contributed by atoms with Gasteiger partial charge in [-0.25, -0.2) is 8.78 Å². The standard InChI is InChI=1S/C22H24F2N2O3/c1-28-20-14-26(18-4-2-3-17(24)13-18)22(20)9-11-25(12-10-22)21(27)15-29-19-7-5-16(23)6-8-19/h2-8,13,20H,9-12,14-15H2,1H3. The van der Waals surface area contributed by atoms with Gasteiger partial charge in [-0.1, -0.05) is 6.07 Å². The van der Waals surface area contributed by atoms with E-state index in [1.807, 2.05) is 6.07 Å². The molecule has 0 aliphatic carbocycles. The van der Waals surface area contributed by atoms with Crippen LogP contribution in [0.25, 0.3) is 0 Å². The number of rotatable bonds is 5. The van der Waals surface area contributed by atoms with Crippen LogP contribution in [0.5, 0.6) is 5.75 Å². The molecule has 2 aliphatic rings. The number of halogens is 2. The highest BCUT2D eigenvalue weighted by Crippen LogP contribution is 2.44. The van der Waals surface area contributed by atoms with E-state index >= 15 is 0 Å². The third-order valence-corrected chi connectivity index (χ3v) is 6.05. The molecule has 0 radical (unpaired) electrons. The molecule has 29 heavy (non-hydrogen) atoms. The van der Waals surface area contributed by atoms with Gasteiger partial charge >= 0.3 is 0 Å². The molecule has 0 bridgehead atoms. The van der Waals surface area contributed by atoms with Crippen LogP contribution in [0.15, 0.2) is 48.5 Å². The first-order valence-electron chi connectivity index (χ1n) is 9.74. The van der Waals surface area contributed by atoms with Crippen LogP contribution in [-0.4, -0.2) is 55.8 Å². The Kier molecular flexibility index (Phi) is 5.41. The summed E-state index contributed by atoms with van der Waals surface area (Å²) in [6, 6.07) is 12.2. The average molecular weight is 402 g/mol. The minimum atomic E-state index is -0.346. The Morgan fingerprint density at radius 3 is 2.48 bits per heavy atom. The van der Waals surface area contributed by atoms with Crippen molar-refractivity contribution in [2.24, 2.45) is 0 Å². The molecule has 1 unspecified atom stereocenters. The number of nitrogens with zero attached hydrogens (tertiary/aromatic N) is 2. The second-order valence-electron chi connectivity index (χ2n) is 7.54. The highest BCUT2D eigenvalue weighted by molar-refractivity contribution is 5.78. The van der Waals surface area contributed by atoms with E-state index in [9.17, 15) is 13.6 Å². The van der Waals surface area contributed by atoms with Crippen LogP contribution in [0, 0.1) is 11.6 Å². The van der Waals surface area contributed by atoms with Crippen molar-refractivity contribution < 1.29 is 23.0 Å². The fourth-order valence-corrected chi connectivity index (χ4v) is 4.38. The molecule has 154 valence electrons. The van der Waals surface area contributed by atoms with E-state index in [-0.39, 0.29) is 35.8 Å². The summed E-state index contributed by atoms with van der Waals surface area (Å²) in [7, 11) is 1.70. The minimum absolute atomic E-state index is 0.0542. The lowest BCUT2D eigenvalue weighted by molar-refractivity contribution is -0.137. The molecule has 2 saturated heterocycles. The van der Waals surface area contributed by atoms with Crippen molar-refractivity contribution in [3.63, 3.8) is 0 Å². The van der Waals surface area contributed by atoms with E-state index in [2.05, 4.69) is 4.90 Å². The predicted octanol–water partition coefficient (Wildman–Crippen LogP) is 3.24. The Bertz CT molecular complexity index is 867. The molecule has 2 fully saturated rings. The van der Waals surface area contributed by atoms with E-state index in [4.69, 9.17) is 9.47 Å². The summed E-state index contributed by atoms with van der Waals surface area (Å²) in [5, 5.41) is 0. The summed E-state index contributed by atoms with van der Waals surface area (Å²) in [5.41, 5.74) is 0.620. The molecule has 2 aromatic carbocycles. The average Bonchev–Trinajstić information content (AvgIpc) is 2.73. The van der Waals surface area contributed by atoms with Crippen LogP contribution in [0.4, 0.5) is 14.5 Å². The first-order valence-corrected chi connectivity index (χ1v) is 9.74. The number of ether oxygens (including phenoxy) is 2. The molecule has 0 saturated carbocycles. The summed E-state index contributed by atoms with van der Waals surface area (Å²) in [5.74, 6) is -0.246. The molecule has 2 heterocycles. The Balaban J connectivity index is 1.37. The quantitative estimate of drug-likeness (QED) is 0.770. The largest absolute Gasteiger partial charge is 0.484 e. The molecular weight excluding hydrogens is 378 g/mol. The van der Waals surface area contributed by atoms with E-state index in [0.29, 0.717) is 25.4 Å². The van der Waals surface area contributed by atoms with Crippen LogP contribution in [0.3, 0.4) is 0 Å². The van der Waals surface area contributed by atoms with E-state index in [1.165, 1.54) is 30.3 Å². The third-order valence-electron chi connectivity index (χ3n) is 6.05. The van der Waals surface area contributed by atoms with Crippen LogP contribution >= 0.6 is 0 Å². The van der Waals surface area contributed by atoms with Crippen LogP contribution in [-0.2, 0) is 9.53 Å². The molecule has 2 aliphatic heterocycles. The monoisotopic (exact) mass is 402 g/mol. The lowest BCUT2D eigenvalue weighted by atomic mass is 9.73. The molecule has 2 aromatic rings. The first kappa shape index (κ1) is 19.6. The number of hydrogen-bond donors (Lipinski definition) is 0. The van der Waals surface area contributed by atoms with E-state index in [1.54, 1.807) is 24.1 Å². The summed E-state index contributed by atoms with van der Waals surface area (Å²) in [6.45, 7) is 1.79. The van der Waals surface area contributed by atoms with Crippen molar-refractivity contribution >= 4 is 11.6 Å². The minimum Gasteiger partial charge on any atom is -0.484 e. The highest BCUT2D eigenvalue weighted by Gasteiger charge is 2.55. The van der Waals surface area contributed by atoms with Gasteiger partial charge in [0.15, 0.2) is 6.61 Å². The van der Waals surface area contributed by atoms with E-state index < -0.39 is 0 Å². The molecule has 1 amide bonds. The maximum atomic E-state index is 13.7. The van der Waals surface area contributed by atoms with Crippen molar-refractivity contribution in [2.75, 3.05) is 38.3 Å². The van der Waals surface area contributed by atoms with Gasteiger partial charge in [0.05, 0.1) is 11.6 Å². The smallest absolute Gasteiger partial charge is 0.260 e. The molecule has 0 aromatic heterocycles. The van der Waals surface area contributed by atoms with Crippen molar-refractivity contribution in [3.8, 4) is 5.75 Å². The van der Waals surface area contributed by atoms with Gasteiger partial charge < -0.3 is 19.3 Å². The van der Waals surface area contributed by atoms with Gasteiger partial charge in [-0.3, -0.25) is 4.79 Å². The van der Waals surface area contributed by atoms with Crippen molar-refractivity contribution in [1.82, 2.24) is 4.90 Å². The number of amides is 1. The number of methoxy groups -OCH3 is 1. The molecule has 0 N–H and O–H groups in total. The van der Waals surface area contributed by atoms with Crippen molar-refractivity contribution in [3.05, 3.63) is 60.2 Å². The fourth-order valence-electron chi connectivity index (χ4n) is 4.38. The van der Waals surface area contributed by atoms with Gasteiger partial charge in [-0.2, -0.15) is 0 Å². The number of carbonyl (C=O) groups excluding carboxylic acids is 1. The molecule has 1 spiro atoms. The maximum absolute atomic E-state index is 13.7. The zero-order valence-corrected chi connectivity index (χ0v) is 16.3. The zero-order chi connectivity index (χ0) is 20.4. The number of piperidine rings is 1. The third kappa shape index (κ3) is 3.79. The Morgan fingerprint density at radius 1 is 1.10 bits per heavy atom. The van der Waals surface area contributed by atoms with Gasteiger partial charge in [0, 0.05) is 32.4 Å². The van der Waals surface area contributed by atoms with Gasteiger partial charge in [0.2, 0.25) is 0 Å². The van der Waals surface area contributed by atoms with Crippen LogP contribution < -0.4 is 9.64 Å². The Morgan fingerprint density at radius 2 is 1.83 bits per heavy atom. The molecular formula is C22H24F2N2O3. The number of benzene rings is 2. The lowest BCUT2D eigenvalue weighted by Gasteiger charge is -2.61. The van der Waals surface area contributed by atoms with Crippen LogP contribution in [0.1, 0.15) is 12.8 Å². The van der Waals surface area contributed by atoms with Crippen molar-refractivity contribution in [2.45, 2.75) is 24.5 Å². The molecule has 4 rings (SSSR count). The summed E-state index contributed by atoms with van der Waals surface area (Å²) in [6.07, 6.45) is 1.53. The molecule has 7 heteroatoms. The normalized spacial score (nSPS) is 20.4. The highest BCUT2D eigenvalue weighted by atomic mass is 19.1. The van der Waals surface area contributed by atoms with Gasteiger partial charge in [-0.15, -0.1) is 0 Å². The van der Waals surface area contributed by atoms with Gasteiger partial charge in [-0.05, 0) is 55.3 Å². The number of hydrogen-bond acceptors (Lipinski definition) is 4. The summed E-state index contributed by atoms with van der Waals surface area (Å²) in [4.78, 5) is 16.5. The second kappa shape index (κ2) is 7.99. The zero-order valence-electron chi connectivity index (χ0n) is 16.3. The molecule has 1 atom stereocenters. The van der Waals surface area contributed by atoms with E-state index in [0.717, 1.165) is 18.5 Å². The predicted molar refractivity (Wildman–Crippen MR) is 105 cm³/mol. The topological polar surface area (TPSA) is 42.0 Å². The summed E-state index contributed by atoms with van der Waals surface area (Å²) >= 11 is 0. The van der Waals surface area contributed by atoms with Crippen molar-refractivity contribution in [1.29, 1.82) is 0 Å². The fraction of sp³-hybridized carbons (Fsp3) is 0.409. The lowest BCUT2D eigenvalue weighted by Crippen LogP contribution is -2.74. The van der Waals surface area contributed by atoms with Gasteiger partial charge in [0.25, 0.3) is 5.91 Å². The Hall–Kier alpha value is -2.67. The van der Waals surface area contributed by atoms with Crippen LogP contribution in [0.2, 0.25) is 0 Å². The maximum Gasteiger partial charge on any atom is 0.260 e. The molecule has 5 nitrogen and oxygen atoms in total.